The lowest BCUT2D eigenvalue weighted by atomic mass is 9.86. The first-order chi connectivity index (χ1) is 15.0. The van der Waals surface area contributed by atoms with Gasteiger partial charge in [0.2, 0.25) is 11.8 Å². The fraction of sp³-hybridized carbons (Fsp3) is 0.481. The molecular weight excluding hydrogens is 464 g/mol. The highest BCUT2D eigenvalue weighted by Crippen LogP contribution is 2.23. The third-order valence-electron chi connectivity index (χ3n) is 5.86. The maximum atomic E-state index is 13.3. The first kappa shape index (κ1) is 26.1. The fourth-order valence-corrected chi connectivity index (χ4v) is 3.89. The van der Waals surface area contributed by atoms with Crippen LogP contribution in [-0.2, 0) is 28.0 Å². The third kappa shape index (κ3) is 7.77. The molecular formula is C27H37BrN2O2. The van der Waals surface area contributed by atoms with Crippen LogP contribution in [0.25, 0.3) is 0 Å². The Morgan fingerprint density at radius 1 is 1.03 bits per heavy atom. The van der Waals surface area contributed by atoms with Gasteiger partial charge < -0.3 is 10.2 Å². The van der Waals surface area contributed by atoms with Crippen molar-refractivity contribution in [2.75, 3.05) is 0 Å². The van der Waals surface area contributed by atoms with E-state index in [-0.39, 0.29) is 23.3 Å². The lowest BCUT2D eigenvalue weighted by Crippen LogP contribution is -2.49. The molecule has 2 rings (SSSR count). The van der Waals surface area contributed by atoms with Gasteiger partial charge in [-0.25, -0.2) is 0 Å². The van der Waals surface area contributed by atoms with Gasteiger partial charge in [0.05, 0.1) is 0 Å². The van der Waals surface area contributed by atoms with Crippen molar-refractivity contribution in [2.24, 2.45) is 0 Å². The van der Waals surface area contributed by atoms with Gasteiger partial charge in [-0.15, -0.1) is 0 Å². The Bertz CT molecular complexity index is 903. The summed E-state index contributed by atoms with van der Waals surface area (Å²) >= 11 is 3.50. The zero-order valence-electron chi connectivity index (χ0n) is 20.2. The minimum Gasteiger partial charge on any atom is -0.352 e. The van der Waals surface area contributed by atoms with E-state index < -0.39 is 6.04 Å². The van der Waals surface area contributed by atoms with Gasteiger partial charge in [-0.3, -0.25) is 9.59 Å². The average molecular weight is 502 g/mol. The molecule has 0 fully saturated rings. The molecule has 2 amide bonds. The molecule has 0 radical (unpaired) electrons. The van der Waals surface area contributed by atoms with Crippen molar-refractivity contribution in [2.45, 2.75) is 84.8 Å². The van der Waals surface area contributed by atoms with Crippen molar-refractivity contribution in [1.82, 2.24) is 10.2 Å². The van der Waals surface area contributed by atoms with Crippen molar-refractivity contribution < 1.29 is 9.59 Å². The molecule has 0 aliphatic heterocycles. The molecule has 0 aliphatic rings. The highest BCUT2D eigenvalue weighted by atomic mass is 79.9. The van der Waals surface area contributed by atoms with Crippen LogP contribution in [0.15, 0.2) is 53.0 Å². The molecule has 2 atom stereocenters. The molecule has 1 N–H and O–H groups in total. The number of halogens is 1. The van der Waals surface area contributed by atoms with Gasteiger partial charge >= 0.3 is 0 Å². The summed E-state index contributed by atoms with van der Waals surface area (Å²) in [4.78, 5) is 27.8. The maximum absolute atomic E-state index is 13.3. The molecule has 0 aliphatic carbocycles. The third-order valence-corrected chi connectivity index (χ3v) is 6.35. The summed E-state index contributed by atoms with van der Waals surface area (Å²) in [7, 11) is 0. The number of carbonyl (C=O) groups is 2. The Balaban J connectivity index is 2.14. The number of carbonyl (C=O) groups excluding carboxylic acids is 2. The molecule has 32 heavy (non-hydrogen) atoms. The van der Waals surface area contributed by atoms with E-state index in [1.807, 2.05) is 45.0 Å². The molecule has 5 heteroatoms. The van der Waals surface area contributed by atoms with E-state index in [0.29, 0.717) is 19.4 Å². The van der Waals surface area contributed by atoms with Crippen LogP contribution in [0.1, 0.15) is 71.1 Å². The van der Waals surface area contributed by atoms with E-state index in [2.05, 4.69) is 66.3 Å². The number of nitrogens with one attached hydrogen (secondary N) is 1. The molecule has 0 saturated carbocycles. The van der Waals surface area contributed by atoms with Gasteiger partial charge in [0.15, 0.2) is 0 Å². The van der Waals surface area contributed by atoms with Gasteiger partial charge in [-0.1, -0.05) is 80.0 Å². The largest absolute Gasteiger partial charge is 0.352 e. The average Bonchev–Trinajstić information content (AvgIpc) is 2.75. The van der Waals surface area contributed by atoms with E-state index in [1.54, 1.807) is 4.90 Å². The molecule has 0 heterocycles. The quantitative estimate of drug-likeness (QED) is 0.458. The number of hydrogen-bond donors (Lipinski definition) is 1. The first-order valence-corrected chi connectivity index (χ1v) is 12.2. The monoisotopic (exact) mass is 500 g/mol. The zero-order valence-corrected chi connectivity index (χ0v) is 21.8. The van der Waals surface area contributed by atoms with Crippen molar-refractivity contribution in [1.29, 1.82) is 0 Å². The second-order valence-electron chi connectivity index (χ2n) is 9.59. The number of amides is 2. The van der Waals surface area contributed by atoms with Crippen LogP contribution < -0.4 is 5.32 Å². The molecule has 174 valence electrons. The summed E-state index contributed by atoms with van der Waals surface area (Å²) in [5, 5.41) is 3.01. The number of rotatable bonds is 9. The standard InChI is InChI=1S/C27H37BrN2O2/c1-7-19(2)29-26(32)20(3)30(18-22-9-8-10-24(28)17-22)25(31)16-13-21-11-14-23(15-12-21)27(4,5)6/h8-12,14-15,17,19-20H,7,13,16,18H2,1-6H3,(H,29,32)/t19-,20-/m1/s1. The highest BCUT2D eigenvalue weighted by molar-refractivity contribution is 9.10. The molecule has 0 spiro atoms. The SMILES string of the molecule is CC[C@@H](C)NC(=O)[C@@H](C)N(Cc1cccc(Br)c1)C(=O)CCc1ccc(C(C)(C)C)cc1. The Hall–Kier alpha value is -2.14. The van der Waals surface area contributed by atoms with Gasteiger partial charge in [0.25, 0.3) is 0 Å². The minimum atomic E-state index is -0.543. The van der Waals surface area contributed by atoms with Gasteiger partial charge in [-0.2, -0.15) is 0 Å². The number of benzene rings is 2. The second-order valence-corrected chi connectivity index (χ2v) is 10.5. The lowest BCUT2D eigenvalue weighted by Gasteiger charge is -2.30. The van der Waals surface area contributed by atoms with Gasteiger partial charge in [0, 0.05) is 23.5 Å². The van der Waals surface area contributed by atoms with Crippen LogP contribution in [0.3, 0.4) is 0 Å². The maximum Gasteiger partial charge on any atom is 0.242 e. The van der Waals surface area contributed by atoms with E-state index in [9.17, 15) is 9.59 Å². The summed E-state index contributed by atoms with van der Waals surface area (Å²) < 4.78 is 0.957. The van der Waals surface area contributed by atoms with Crippen LogP contribution in [0.4, 0.5) is 0 Å². The van der Waals surface area contributed by atoms with Crippen LogP contribution in [0.5, 0.6) is 0 Å². The van der Waals surface area contributed by atoms with Crippen molar-refractivity contribution in [3.05, 3.63) is 69.7 Å². The Kier molecular flexibility index (Phi) is 9.50. The van der Waals surface area contributed by atoms with E-state index in [0.717, 1.165) is 22.0 Å². The summed E-state index contributed by atoms with van der Waals surface area (Å²) in [5.74, 6) is -0.131. The van der Waals surface area contributed by atoms with E-state index >= 15 is 0 Å². The number of hydrogen-bond acceptors (Lipinski definition) is 2. The lowest BCUT2D eigenvalue weighted by molar-refractivity contribution is -0.140. The molecule has 0 bridgehead atoms. The smallest absolute Gasteiger partial charge is 0.242 e. The minimum absolute atomic E-state index is 0.0170. The zero-order chi connectivity index (χ0) is 23.9. The molecule has 0 unspecified atom stereocenters. The molecule has 2 aromatic rings. The fourth-order valence-electron chi connectivity index (χ4n) is 3.45. The molecule has 0 aromatic heterocycles. The number of nitrogens with zero attached hydrogens (tertiary/aromatic N) is 1. The molecule has 2 aromatic carbocycles. The van der Waals surface area contributed by atoms with Crippen LogP contribution in [0.2, 0.25) is 0 Å². The summed E-state index contributed by atoms with van der Waals surface area (Å²) in [6.07, 6.45) is 1.87. The summed E-state index contributed by atoms with van der Waals surface area (Å²) in [5.41, 5.74) is 3.50. The molecule has 0 saturated heterocycles. The van der Waals surface area contributed by atoms with Gasteiger partial charge in [-0.05, 0) is 60.9 Å². The Morgan fingerprint density at radius 3 is 2.25 bits per heavy atom. The second kappa shape index (κ2) is 11.6. The van der Waals surface area contributed by atoms with Gasteiger partial charge in [0.1, 0.15) is 6.04 Å². The van der Waals surface area contributed by atoms with E-state index in [4.69, 9.17) is 0 Å². The van der Waals surface area contributed by atoms with Crippen LogP contribution in [0, 0.1) is 0 Å². The summed E-state index contributed by atoms with van der Waals surface area (Å²) in [6.45, 7) is 12.8. The van der Waals surface area contributed by atoms with Crippen LogP contribution >= 0.6 is 15.9 Å². The Labute approximate surface area is 201 Å². The topological polar surface area (TPSA) is 49.4 Å². The highest BCUT2D eigenvalue weighted by Gasteiger charge is 2.26. The number of aryl methyl sites for hydroxylation is 1. The predicted molar refractivity (Wildman–Crippen MR) is 136 cm³/mol. The van der Waals surface area contributed by atoms with E-state index in [1.165, 1.54) is 5.56 Å². The molecule has 4 nitrogen and oxygen atoms in total. The van der Waals surface area contributed by atoms with Crippen molar-refractivity contribution in [3.63, 3.8) is 0 Å². The van der Waals surface area contributed by atoms with Crippen molar-refractivity contribution >= 4 is 27.7 Å². The first-order valence-electron chi connectivity index (χ1n) is 11.4. The van der Waals surface area contributed by atoms with Crippen LogP contribution in [-0.4, -0.2) is 28.8 Å². The predicted octanol–water partition coefficient (Wildman–Crippen LogP) is 6.01. The Morgan fingerprint density at radius 2 is 1.69 bits per heavy atom. The normalized spacial score (nSPS) is 13.3. The summed E-state index contributed by atoms with van der Waals surface area (Å²) in [6, 6.07) is 15.9. The van der Waals surface area contributed by atoms with Crippen molar-refractivity contribution in [3.8, 4) is 0 Å².